The molecule has 2 N–H and O–H groups in total. The number of rotatable bonds is 6. The standard InChI is InChI=1S/C18H20N2O2/c1-2-14-8-10-15(11-9-14)12-19-17(21)13-20-18(22)16-6-4-3-5-7-16/h3-11H,2,12-13H2,1H3,(H,19,21)(H,20,22). The molecule has 4 heteroatoms. The monoisotopic (exact) mass is 296 g/mol. The maximum Gasteiger partial charge on any atom is 0.251 e. The molecule has 0 fully saturated rings. The zero-order chi connectivity index (χ0) is 15.8. The van der Waals surface area contributed by atoms with Crippen LogP contribution in [0.15, 0.2) is 54.6 Å². The summed E-state index contributed by atoms with van der Waals surface area (Å²) in [4.78, 5) is 23.6. The van der Waals surface area contributed by atoms with Gasteiger partial charge in [0.1, 0.15) is 0 Å². The molecule has 0 unspecified atom stereocenters. The zero-order valence-electron chi connectivity index (χ0n) is 12.6. The van der Waals surface area contributed by atoms with Crippen molar-refractivity contribution in [2.24, 2.45) is 0 Å². The van der Waals surface area contributed by atoms with Crippen LogP contribution < -0.4 is 10.6 Å². The first-order valence-electron chi connectivity index (χ1n) is 7.37. The summed E-state index contributed by atoms with van der Waals surface area (Å²) in [7, 11) is 0. The summed E-state index contributed by atoms with van der Waals surface area (Å²) in [6, 6.07) is 16.9. The first-order valence-corrected chi connectivity index (χ1v) is 7.37. The van der Waals surface area contributed by atoms with Crippen LogP contribution in [0.2, 0.25) is 0 Å². The minimum Gasteiger partial charge on any atom is -0.350 e. The number of carbonyl (C=O) groups excluding carboxylic acids is 2. The highest BCUT2D eigenvalue weighted by atomic mass is 16.2. The number of hydrogen-bond donors (Lipinski definition) is 2. The lowest BCUT2D eigenvalue weighted by molar-refractivity contribution is -0.120. The summed E-state index contributed by atoms with van der Waals surface area (Å²) in [6.45, 7) is 2.54. The Morgan fingerprint density at radius 1 is 0.864 bits per heavy atom. The molecular formula is C18H20N2O2. The van der Waals surface area contributed by atoms with Crippen molar-refractivity contribution in [2.45, 2.75) is 19.9 Å². The minimum atomic E-state index is -0.247. The summed E-state index contributed by atoms with van der Waals surface area (Å²) in [6.07, 6.45) is 0.998. The first-order chi connectivity index (χ1) is 10.7. The van der Waals surface area contributed by atoms with Crippen molar-refractivity contribution in [2.75, 3.05) is 6.54 Å². The minimum absolute atomic E-state index is 0.0270. The second-order valence-electron chi connectivity index (χ2n) is 5.00. The fraction of sp³-hybridized carbons (Fsp3) is 0.222. The highest BCUT2D eigenvalue weighted by molar-refractivity contribution is 5.96. The molecule has 2 aromatic carbocycles. The quantitative estimate of drug-likeness (QED) is 0.859. The molecule has 0 aliphatic heterocycles. The van der Waals surface area contributed by atoms with E-state index in [-0.39, 0.29) is 18.4 Å². The fourth-order valence-corrected chi connectivity index (χ4v) is 2.01. The first kappa shape index (κ1) is 15.8. The van der Waals surface area contributed by atoms with Gasteiger partial charge in [-0.05, 0) is 29.7 Å². The van der Waals surface area contributed by atoms with Gasteiger partial charge in [-0.2, -0.15) is 0 Å². The number of amides is 2. The average Bonchev–Trinajstić information content (AvgIpc) is 2.59. The van der Waals surface area contributed by atoms with Gasteiger partial charge in [0.05, 0.1) is 6.54 Å². The van der Waals surface area contributed by atoms with Gasteiger partial charge in [-0.3, -0.25) is 9.59 Å². The second-order valence-corrected chi connectivity index (χ2v) is 5.00. The van der Waals surface area contributed by atoms with Crippen molar-refractivity contribution in [3.63, 3.8) is 0 Å². The van der Waals surface area contributed by atoms with Crippen LogP contribution in [-0.4, -0.2) is 18.4 Å². The van der Waals surface area contributed by atoms with Crippen LogP contribution in [0.4, 0.5) is 0 Å². The van der Waals surface area contributed by atoms with E-state index < -0.39 is 0 Å². The Balaban J connectivity index is 1.74. The molecule has 0 aromatic heterocycles. The van der Waals surface area contributed by atoms with Crippen LogP contribution in [0, 0.1) is 0 Å². The topological polar surface area (TPSA) is 58.2 Å². The highest BCUT2D eigenvalue weighted by Gasteiger charge is 2.07. The van der Waals surface area contributed by atoms with Gasteiger partial charge in [-0.15, -0.1) is 0 Å². The lowest BCUT2D eigenvalue weighted by Gasteiger charge is -2.07. The number of hydrogen-bond acceptors (Lipinski definition) is 2. The molecule has 0 saturated heterocycles. The van der Waals surface area contributed by atoms with Crippen molar-refractivity contribution in [3.8, 4) is 0 Å². The van der Waals surface area contributed by atoms with Crippen LogP contribution in [0.25, 0.3) is 0 Å². The van der Waals surface area contributed by atoms with Gasteiger partial charge in [0.2, 0.25) is 5.91 Å². The van der Waals surface area contributed by atoms with E-state index in [0.29, 0.717) is 12.1 Å². The second kappa shape index (κ2) is 7.98. The average molecular weight is 296 g/mol. The third-order valence-electron chi connectivity index (χ3n) is 3.37. The molecule has 2 aromatic rings. The number of nitrogens with one attached hydrogen (secondary N) is 2. The van der Waals surface area contributed by atoms with E-state index in [1.54, 1.807) is 24.3 Å². The summed E-state index contributed by atoms with van der Waals surface area (Å²) in [5, 5.41) is 5.39. The van der Waals surface area contributed by atoms with E-state index in [0.717, 1.165) is 12.0 Å². The number of benzene rings is 2. The third-order valence-corrected chi connectivity index (χ3v) is 3.37. The van der Waals surface area contributed by atoms with E-state index in [1.165, 1.54) is 5.56 Å². The van der Waals surface area contributed by atoms with Gasteiger partial charge in [0.25, 0.3) is 5.91 Å². The third kappa shape index (κ3) is 4.74. The maximum absolute atomic E-state index is 11.8. The normalized spacial score (nSPS) is 10.0. The summed E-state index contributed by atoms with van der Waals surface area (Å²) < 4.78 is 0. The van der Waals surface area contributed by atoms with Crippen LogP contribution in [0.1, 0.15) is 28.4 Å². The van der Waals surface area contributed by atoms with Gasteiger partial charge < -0.3 is 10.6 Å². The molecule has 2 amide bonds. The molecule has 0 saturated carbocycles. The van der Waals surface area contributed by atoms with Gasteiger partial charge in [-0.25, -0.2) is 0 Å². The summed E-state index contributed by atoms with van der Waals surface area (Å²) >= 11 is 0. The predicted octanol–water partition coefficient (Wildman–Crippen LogP) is 2.30. The zero-order valence-corrected chi connectivity index (χ0v) is 12.6. The van der Waals surface area contributed by atoms with Crippen molar-refractivity contribution in [3.05, 3.63) is 71.3 Å². The van der Waals surface area contributed by atoms with E-state index in [9.17, 15) is 9.59 Å². The molecule has 0 aliphatic rings. The van der Waals surface area contributed by atoms with E-state index >= 15 is 0 Å². The molecular weight excluding hydrogens is 276 g/mol. The molecule has 0 spiro atoms. The Morgan fingerprint density at radius 2 is 1.50 bits per heavy atom. The maximum atomic E-state index is 11.8. The SMILES string of the molecule is CCc1ccc(CNC(=O)CNC(=O)c2ccccc2)cc1. The Kier molecular flexibility index (Phi) is 5.72. The Hall–Kier alpha value is -2.62. The lowest BCUT2D eigenvalue weighted by atomic mass is 10.1. The van der Waals surface area contributed by atoms with Crippen molar-refractivity contribution >= 4 is 11.8 Å². The lowest BCUT2D eigenvalue weighted by Crippen LogP contribution is -2.36. The largest absolute Gasteiger partial charge is 0.350 e. The Labute approximate surface area is 130 Å². The highest BCUT2D eigenvalue weighted by Crippen LogP contribution is 2.04. The van der Waals surface area contributed by atoms with Crippen LogP contribution >= 0.6 is 0 Å². The molecule has 22 heavy (non-hydrogen) atoms. The van der Waals surface area contributed by atoms with Crippen LogP contribution in [-0.2, 0) is 17.8 Å². The molecule has 0 heterocycles. The smallest absolute Gasteiger partial charge is 0.251 e. The van der Waals surface area contributed by atoms with E-state index in [4.69, 9.17) is 0 Å². The Bertz CT molecular complexity index is 621. The molecule has 0 atom stereocenters. The molecule has 0 aliphatic carbocycles. The molecule has 114 valence electrons. The number of carbonyl (C=O) groups is 2. The van der Waals surface area contributed by atoms with Crippen LogP contribution in [0.5, 0.6) is 0 Å². The molecule has 4 nitrogen and oxygen atoms in total. The molecule has 0 bridgehead atoms. The molecule has 0 radical (unpaired) electrons. The molecule has 2 rings (SSSR count). The van der Waals surface area contributed by atoms with E-state index in [1.807, 2.05) is 18.2 Å². The Morgan fingerprint density at radius 3 is 2.14 bits per heavy atom. The van der Waals surface area contributed by atoms with Gasteiger partial charge in [-0.1, -0.05) is 49.4 Å². The van der Waals surface area contributed by atoms with Crippen LogP contribution in [0.3, 0.4) is 0 Å². The van der Waals surface area contributed by atoms with Crippen molar-refractivity contribution in [1.29, 1.82) is 0 Å². The predicted molar refractivity (Wildman–Crippen MR) is 86.4 cm³/mol. The van der Waals surface area contributed by atoms with Gasteiger partial charge >= 0.3 is 0 Å². The summed E-state index contributed by atoms with van der Waals surface area (Å²) in [5.41, 5.74) is 2.86. The number of aryl methyl sites for hydroxylation is 1. The summed E-state index contributed by atoms with van der Waals surface area (Å²) in [5.74, 6) is -0.452. The van der Waals surface area contributed by atoms with Crippen molar-refractivity contribution in [1.82, 2.24) is 10.6 Å². The van der Waals surface area contributed by atoms with Gasteiger partial charge in [0, 0.05) is 12.1 Å². The van der Waals surface area contributed by atoms with E-state index in [2.05, 4.69) is 29.7 Å². The van der Waals surface area contributed by atoms with Gasteiger partial charge in [0.15, 0.2) is 0 Å². The van der Waals surface area contributed by atoms with Crippen molar-refractivity contribution < 1.29 is 9.59 Å². The fourth-order valence-electron chi connectivity index (χ4n) is 2.01.